The summed E-state index contributed by atoms with van der Waals surface area (Å²) in [5, 5.41) is 0. The van der Waals surface area contributed by atoms with Gasteiger partial charge in [0.2, 0.25) is 0 Å². The fraction of sp³-hybridized carbons (Fsp3) is 1.00. The summed E-state index contributed by atoms with van der Waals surface area (Å²) in [7, 11) is 0.106. The molecule has 0 aromatic rings. The molecule has 0 aliphatic carbocycles. The molecule has 0 rings (SSSR count). The number of hydrogen-bond acceptors (Lipinski definition) is 4. The highest BCUT2D eigenvalue weighted by Gasteiger charge is 2.47. The molecule has 0 aliphatic rings. The first kappa shape index (κ1) is 27.3. The van der Waals surface area contributed by atoms with Crippen LogP contribution in [-0.2, 0) is 17.4 Å². The molecule has 6 heteroatoms. The molecular formula is C21H48O4Si2. The van der Waals surface area contributed by atoms with Crippen LogP contribution >= 0.6 is 0 Å². The summed E-state index contributed by atoms with van der Waals surface area (Å²) in [6.07, 6.45) is 19.5. The molecule has 0 unspecified atom stereocenters. The van der Waals surface area contributed by atoms with E-state index in [2.05, 4.69) is 20.0 Å². The molecule has 0 fully saturated rings. The number of rotatable bonds is 20. The molecule has 0 N–H and O–H groups in total. The predicted molar refractivity (Wildman–Crippen MR) is 120 cm³/mol. The molecule has 164 valence electrons. The van der Waals surface area contributed by atoms with Gasteiger partial charge in [-0.3, -0.25) is 0 Å². The summed E-state index contributed by atoms with van der Waals surface area (Å²) in [5.41, 5.74) is 0. The van der Waals surface area contributed by atoms with Crippen molar-refractivity contribution in [1.29, 1.82) is 0 Å². The Morgan fingerprint density at radius 2 is 0.852 bits per heavy atom. The summed E-state index contributed by atoms with van der Waals surface area (Å²) in [6, 6.07) is 1.13. The molecule has 27 heavy (non-hydrogen) atoms. The molecule has 0 saturated heterocycles. The monoisotopic (exact) mass is 420 g/mol. The third-order valence-corrected chi connectivity index (χ3v) is 11.6. The lowest BCUT2D eigenvalue weighted by molar-refractivity contribution is 0.0478. The Balaban J connectivity index is 3.55. The fourth-order valence-electron chi connectivity index (χ4n) is 3.51. The van der Waals surface area contributed by atoms with Crippen LogP contribution in [0.3, 0.4) is 0 Å². The molecule has 0 aromatic carbocycles. The summed E-state index contributed by atoms with van der Waals surface area (Å²) in [4.78, 5) is 0. The van der Waals surface area contributed by atoms with Crippen LogP contribution < -0.4 is 0 Å². The third-order valence-electron chi connectivity index (χ3n) is 5.28. The first-order valence-corrected chi connectivity index (χ1v) is 16.1. The Labute approximate surface area is 172 Å². The second kappa shape index (κ2) is 17.2. The average Bonchev–Trinajstić information content (AvgIpc) is 2.66. The van der Waals surface area contributed by atoms with E-state index in [4.69, 9.17) is 17.4 Å². The molecule has 0 aromatic heterocycles. The SMILES string of the molecule is CCCCCCCCCCCCCCCC[Si](C)(C)O[Si](OC)(OC)OC. The Morgan fingerprint density at radius 1 is 0.519 bits per heavy atom. The van der Waals surface area contributed by atoms with Crippen LogP contribution in [0.2, 0.25) is 19.1 Å². The maximum atomic E-state index is 6.20. The smallest absolute Gasteiger partial charge is 0.394 e. The van der Waals surface area contributed by atoms with Gasteiger partial charge in [0.15, 0.2) is 8.32 Å². The normalized spacial score (nSPS) is 12.7. The predicted octanol–water partition coefficient (Wildman–Crippen LogP) is 7.06. The van der Waals surface area contributed by atoms with E-state index in [1.54, 1.807) is 21.3 Å². The van der Waals surface area contributed by atoms with Crippen molar-refractivity contribution in [3.05, 3.63) is 0 Å². The Morgan fingerprint density at radius 3 is 1.19 bits per heavy atom. The van der Waals surface area contributed by atoms with E-state index in [1.807, 2.05) is 0 Å². The van der Waals surface area contributed by atoms with Gasteiger partial charge in [0.25, 0.3) is 0 Å². The van der Waals surface area contributed by atoms with Gasteiger partial charge >= 0.3 is 9.05 Å². The third kappa shape index (κ3) is 14.9. The lowest BCUT2D eigenvalue weighted by Gasteiger charge is -2.32. The van der Waals surface area contributed by atoms with Crippen molar-refractivity contribution in [2.75, 3.05) is 21.3 Å². The van der Waals surface area contributed by atoms with Crippen LogP contribution in [0.25, 0.3) is 0 Å². The first-order valence-electron chi connectivity index (χ1n) is 11.3. The minimum atomic E-state index is -2.90. The van der Waals surface area contributed by atoms with Crippen LogP contribution in [0.15, 0.2) is 0 Å². The van der Waals surface area contributed by atoms with Crippen molar-refractivity contribution < 1.29 is 17.4 Å². The summed E-state index contributed by atoms with van der Waals surface area (Å²) < 4.78 is 22.4. The topological polar surface area (TPSA) is 36.9 Å². The lowest BCUT2D eigenvalue weighted by atomic mass is 10.0. The van der Waals surface area contributed by atoms with Crippen molar-refractivity contribution in [3.63, 3.8) is 0 Å². The second-order valence-corrected chi connectivity index (χ2v) is 15.4. The van der Waals surface area contributed by atoms with E-state index in [0.717, 1.165) is 6.04 Å². The van der Waals surface area contributed by atoms with Crippen molar-refractivity contribution in [1.82, 2.24) is 0 Å². The molecule has 0 spiro atoms. The van der Waals surface area contributed by atoms with Crippen molar-refractivity contribution in [2.45, 2.75) is 116 Å². The highest BCUT2D eigenvalue weighted by atomic mass is 28.5. The summed E-state index contributed by atoms with van der Waals surface area (Å²) in [6.45, 7) is 6.74. The largest absolute Gasteiger partial charge is 0.668 e. The standard InChI is InChI=1S/C21H48O4Si2/c1-7-8-9-10-11-12-13-14-15-16-17-18-19-20-21-26(5,6)25-27(22-2,23-3)24-4/h7-21H2,1-6H3. The average molecular weight is 421 g/mol. The Kier molecular flexibility index (Phi) is 17.3. The highest BCUT2D eigenvalue weighted by molar-refractivity contribution is 6.78. The zero-order chi connectivity index (χ0) is 20.4. The maximum absolute atomic E-state index is 6.20. The molecule has 4 nitrogen and oxygen atoms in total. The van der Waals surface area contributed by atoms with E-state index >= 15 is 0 Å². The van der Waals surface area contributed by atoms with Gasteiger partial charge in [-0.05, 0) is 19.1 Å². The minimum absolute atomic E-state index is 1.13. The fourth-order valence-corrected chi connectivity index (χ4v) is 9.23. The van der Waals surface area contributed by atoms with Crippen LogP contribution in [0, 0.1) is 0 Å². The molecule has 0 aliphatic heterocycles. The van der Waals surface area contributed by atoms with Gasteiger partial charge < -0.3 is 17.4 Å². The zero-order valence-electron chi connectivity index (χ0n) is 19.2. The maximum Gasteiger partial charge on any atom is 0.668 e. The van der Waals surface area contributed by atoms with Gasteiger partial charge in [0.05, 0.1) is 0 Å². The van der Waals surface area contributed by atoms with Gasteiger partial charge in [-0.2, -0.15) is 0 Å². The van der Waals surface area contributed by atoms with Crippen molar-refractivity contribution in [3.8, 4) is 0 Å². The first-order chi connectivity index (χ1) is 12.9. The quantitative estimate of drug-likeness (QED) is 0.156. The van der Waals surface area contributed by atoms with Crippen LogP contribution in [0.1, 0.15) is 96.8 Å². The molecule has 0 saturated carbocycles. The minimum Gasteiger partial charge on any atom is -0.394 e. The van der Waals surface area contributed by atoms with E-state index in [1.165, 1.54) is 89.9 Å². The van der Waals surface area contributed by atoms with E-state index < -0.39 is 17.4 Å². The van der Waals surface area contributed by atoms with Gasteiger partial charge in [0.1, 0.15) is 0 Å². The Bertz CT molecular complexity index is 315. The number of unbranched alkanes of at least 4 members (excludes halogenated alkanes) is 13. The van der Waals surface area contributed by atoms with E-state index in [9.17, 15) is 0 Å². The van der Waals surface area contributed by atoms with Crippen molar-refractivity contribution in [2.24, 2.45) is 0 Å². The summed E-state index contributed by atoms with van der Waals surface area (Å²) in [5.74, 6) is 0. The summed E-state index contributed by atoms with van der Waals surface area (Å²) >= 11 is 0. The van der Waals surface area contributed by atoms with Gasteiger partial charge in [-0.15, -0.1) is 0 Å². The van der Waals surface area contributed by atoms with E-state index in [0.29, 0.717) is 0 Å². The second-order valence-electron chi connectivity index (χ2n) is 8.32. The lowest BCUT2D eigenvalue weighted by Crippen LogP contribution is -2.53. The van der Waals surface area contributed by atoms with Gasteiger partial charge in [-0.25, -0.2) is 0 Å². The van der Waals surface area contributed by atoms with Gasteiger partial charge in [0, 0.05) is 21.3 Å². The van der Waals surface area contributed by atoms with Crippen LogP contribution in [-0.4, -0.2) is 38.7 Å². The molecule has 0 atom stereocenters. The molecule has 0 amide bonds. The van der Waals surface area contributed by atoms with Crippen LogP contribution in [0.5, 0.6) is 0 Å². The zero-order valence-corrected chi connectivity index (χ0v) is 21.2. The number of hydrogen-bond donors (Lipinski definition) is 0. The van der Waals surface area contributed by atoms with Crippen LogP contribution in [0.4, 0.5) is 0 Å². The van der Waals surface area contributed by atoms with E-state index in [-0.39, 0.29) is 0 Å². The molecule has 0 bridgehead atoms. The Hall–Kier alpha value is 0.274. The highest BCUT2D eigenvalue weighted by Crippen LogP contribution is 2.23. The molecular weight excluding hydrogens is 372 g/mol. The molecule has 0 radical (unpaired) electrons. The molecule has 0 heterocycles. The van der Waals surface area contributed by atoms with Gasteiger partial charge in [-0.1, -0.05) is 96.8 Å². The van der Waals surface area contributed by atoms with Crippen molar-refractivity contribution >= 4 is 17.4 Å².